The molecular weight excluding hydrogens is 304 g/mol. The Bertz CT molecular complexity index is 702. The maximum Gasteiger partial charge on any atom is 0.238 e. The third-order valence-corrected chi connectivity index (χ3v) is 5.82. The van der Waals surface area contributed by atoms with Gasteiger partial charge in [-0.15, -0.1) is 0 Å². The van der Waals surface area contributed by atoms with Crippen molar-refractivity contribution in [2.45, 2.75) is 23.1 Å². The smallest absolute Gasteiger partial charge is 0.238 e. The molecular formula is C10H16N4O4S2. The number of nitrogens with one attached hydrogen (secondary N) is 3. The molecule has 5 N–H and O–H groups in total. The largest absolute Gasteiger partial charge is 0.283 e. The number of primary sulfonamides is 1. The van der Waals surface area contributed by atoms with Gasteiger partial charge in [0.1, 0.15) is 5.25 Å². The van der Waals surface area contributed by atoms with E-state index in [1.54, 1.807) is 6.92 Å². The monoisotopic (exact) mass is 320 g/mol. The van der Waals surface area contributed by atoms with Crippen LogP contribution in [-0.2, 0) is 20.0 Å². The SMILES string of the molecule is CC1NNCC1S(=O)(=O)Nc1cccc(S(N)(=O)=O)c1. The molecule has 0 bridgehead atoms. The summed E-state index contributed by atoms with van der Waals surface area (Å²) in [4.78, 5) is -0.145. The highest BCUT2D eigenvalue weighted by Crippen LogP contribution is 2.18. The number of anilines is 1. The summed E-state index contributed by atoms with van der Waals surface area (Å²) in [5.41, 5.74) is 5.74. The Morgan fingerprint density at radius 2 is 2.00 bits per heavy atom. The van der Waals surface area contributed by atoms with E-state index in [0.29, 0.717) is 0 Å². The normalized spacial score (nSPS) is 23.7. The minimum atomic E-state index is -3.87. The molecule has 112 valence electrons. The van der Waals surface area contributed by atoms with Gasteiger partial charge < -0.3 is 0 Å². The van der Waals surface area contributed by atoms with Crippen molar-refractivity contribution in [2.24, 2.45) is 5.14 Å². The molecule has 1 saturated heterocycles. The molecule has 20 heavy (non-hydrogen) atoms. The summed E-state index contributed by atoms with van der Waals surface area (Å²) in [6, 6.07) is 5.12. The molecule has 0 aromatic heterocycles. The first kappa shape index (κ1) is 15.2. The maximum absolute atomic E-state index is 12.2. The van der Waals surface area contributed by atoms with E-state index in [1.165, 1.54) is 24.3 Å². The predicted molar refractivity (Wildman–Crippen MR) is 74.7 cm³/mol. The van der Waals surface area contributed by atoms with Gasteiger partial charge in [0.05, 0.1) is 4.90 Å². The van der Waals surface area contributed by atoms with E-state index in [-0.39, 0.29) is 23.2 Å². The maximum atomic E-state index is 12.2. The summed E-state index contributed by atoms with van der Waals surface area (Å²) in [7, 11) is -7.51. The molecule has 0 radical (unpaired) electrons. The summed E-state index contributed by atoms with van der Waals surface area (Å²) in [6.07, 6.45) is 0. The molecule has 2 unspecified atom stereocenters. The molecule has 1 fully saturated rings. The fraction of sp³-hybridized carbons (Fsp3) is 0.400. The van der Waals surface area contributed by atoms with Gasteiger partial charge in [-0.05, 0) is 25.1 Å². The van der Waals surface area contributed by atoms with Crippen LogP contribution in [0.5, 0.6) is 0 Å². The van der Waals surface area contributed by atoms with E-state index in [1.807, 2.05) is 0 Å². The quantitative estimate of drug-likeness (QED) is 0.559. The van der Waals surface area contributed by atoms with E-state index in [9.17, 15) is 16.8 Å². The van der Waals surface area contributed by atoms with Crippen molar-refractivity contribution in [3.05, 3.63) is 24.3 Å². The topological polar surface area (TPSA) is 130 Å². The minimum Gasteiger partial charge on any atom is -0.283 e. The lowest BCUT2D eigenvalue weighted by atomic mass is 10.3. The van der Waals surface area contributed by atoms with Crippen LogP contribution in [-0.4, -0.2) is 34.7 Å². The molecule has 0 saturated carbocycles. The van der Waals surface area contributed by atoms with Crippen LogP contribution >= 0.6 is 0 Å². The summed E-state index contributed by atoms with van der Waals surface area (Å²) >= 11 is 0. The minimum absolute atomic E-state index is 0.145. The number of benzene rings is 1. The van der Waals surface area contributed by atoms with Gasteiger partial charge in [0.25, 0.3) is 0 Å². The van der Waals surface area contributed by atoms with Crippen molar-refractivity contribution < 1.29 is 16.8 Å². The van der Waals surface area contributed by atoms with Crippen molar-refractivity contribution in [3.8, 4) is 0 Å². The first-order chi connectivity index (χ1) is 9.20. The van der Waals surface area contributed by atoms with Crippen LogP contribution in [0.25, 0.3) is 0 Å². The van der Waals surface area contributed by atoms with Gasteiger partial charge in [0, 0.05) is 18.3 Å². The standard InChI is InChI=1S/C10H16N4O4S2/c1-7-10(6-12-13-7)20(17,18)14-8-3-2-4-9(5-8)19(11,15)16/h2-5,7,10,12-14H,6H2,1H3,(H2,11,15,16). The molecule has 10 heteroatoms. The van der Waals surface area contributed by atoms with Crippen molar-refractivity contribution in [1.82, 2.24) is 10.9 Å². The second kappa shape index (κ2) is 5.30. The predicted octanol–water partition coefficient (Wildman–Crippen LogP) is -1.06. The zero-order valence-electron chi connectivity index (χ0n) is 10.7. The number of hydrogen-bond acceptors (Lipinski definition) is 6. The third-order valence-electron chi connectivity index (χ3n) is 3.01. The van der Waals surface area contributed by atoms with Gasteiger partial charge in [0.2, 0.25) is 20.0 Å². The van der Waals surface area contributed by atoms with Crippen LogP contribution in [0.1, 0.15) is 6.92 Å². The van der Waals surface area contributed by atoms with Gasteiger partial charge in [-0.3, -0.25) is 15.6 Å². The van der Waals surface area contributed by atoms with Crippen LogP contribution in [0, 0.1) is 0 Å². The first-order valence-corrected chi connectivity index (χ1v) is 8.92. The highest BCUT2D eigenvalue weighted by Gasteiger charge is 2.34. The van der Waals surface area contributed by atoms with Crippen LogP contribution in [0.3, 0.4) is 0 Å². The van der Waals surface area contributed by atoms with Crippen LogP contribution < -0.4 is 20.7 Å². The molecule has 0 amide bonds. The number of nitrogens with two attached hydrogens (primary N) is 1. The van der Waals surface area contributed by atoms with E-state index in [2.05, 4.69) is 15.6 Å². The second-order valence-electron chi connectivity index (χ2n) is 4.57. The molecule has 1 aromatic carbocycles. The average Bonchev–Trinajstić information content (AvgIpc) is 2.75. The molecule has 0 spiro atoms. The molecule has 2 atom stereocenters. The van der Waals surface area contributed by atoms with Crippen LogP contribution in [0.2, 0.25) is 0 Å². The van der Waals surface area contributed by atoms with Gasteiger partial charge in [-0.25, -0.2) is 22.0 Å². The highest BCUT2D eigenvalue weighted by molar-refractivity contribution is 7.93. The Hall–Kier alpha value is -1.20. The Labute approximate surface area is 117 Å². The summed E-state index contributed by atoms with van der Waals surface area (Å²) in [5.74, 6) is 0. The second-order valence-corrected chi connectivity index (χ2v) is 8.03. The van der Waals surface area contributed by atoms with Crippen LogP contribution in [0.4, 0.5) is 5.69 Å². The van der Waals surface area contributed by atoms with Gasteiger partial charge in [-0.2, -0.15) is 0 Å². The zero-order chi connectivity index (χ0) is 15.0. The Balaban J connectivity index is 2.26. The lowest BCUT2D eigenvalue weighted by molar-refractivity contribution is 0.565. The van der Waals surface area contributed by atoms with Gasteiger partial charge in [0.15, 0.2) is 0 Å². The van der Waals surface area contributed by atoms with Crippen molar-refractivity contribution in [1.29, 1.82) is 0 Å². The number of sulfonamides is 2. The average molecular weight is 320 g/mol. The Morgan fingerprint density at radius 1 is 1.30 bits per heavy atom. The molecule has 1 aromatic rings. The Morgan fingerprint density at radius 3 is 2.55 bits per heavy atom. The fourth-order valence-electron chi connectivity index (χ4n) is 1.95. The summed E-state index contributed by atoms with van der Waals surface area (Å²) in [5, 5.41) is 4.36. The third kappa shape index (κ3) is 3.27. The van der Waals surface area contributed by atoms with Gasteiger partial charge in [-0.1, -0.05) is 6.07 Å². The van der Waals surface area contributed by atoms with E-state index < -0.39 is 25.3 Å². The zero-order valence-corrected chi connectivity index (χ0v) is 12.3. The van der Waals surface area contributed by atoms with E-state index >= 15 is 0 Å². The van der Waals surface area contributed by atoms with Crippen molar-refractivity contribution in [3.63, 3.8) is 0 Å². The van der Waals surface area contributed by atoms with E-state index in [0.717, 1.165) is 0 Å². The van der Waals surface area contributed by atoms with Crippen molar-refractivity contribution in [2.75, 3.05) is 11.3 Å². The van der Waals surface area contributed by atoms with Gasteiger partial charge >= 0.3 is 0 Å². The highest BCUT2D eigenvalue weighted by atomic mass is 32.2. The molecule has 1 heterocycles. The van der Waals surface area contributed by atoms with E-state index in [4.69, 9.17) is 5.14 Å². The number of hydrazine groups is 1. The fourth-order valence-corrected chi connectivity index (χ4v) is 4.02. The van der Waals surface area contributed by atoms with Crippen LogP contribution in [0.15, 0.2) is 29.2 Å². The first-order valence-electron chi connectivity index (χ1n) is 5.83. The summed E-state index contributed by atoms with van der Waals surface area (Å²) < 4.78 is 49.3. The summed E-state index contributed by atoms with van der Waals surface area (Å²) in [6.45, 7) is 2.01. The molecule has 2 rings (SSSR count). The van der Waals surface area contributed by atoms with Crippen molar-refractivity contribution >= 4 is 25.7 Å². The lowest BCUT2D eigenvalue weighted by Crippen LogP contribution is -2.38. The lowest BCUT2D eigenvalue weighted by Gasteiger charge is -2.16. The number of rotatable bonds is 4. The molecule has 1 aliphatic heterocycles. The number of hydrogen-bond donors (Lipinski definition) is 4. The molecule has 0 aliphatic carbocycles. The Kier molecular flexibility index (Phi) is 4.02. The molecule has 1 aliphatic rings. The molecule has 8 nitrogen and oxygen atoms in total.